The van der Waals surface area contributed by atoms with Crippen LogP contribution in [0.15, 0.2) is 36.5 Å². The van der Waals surface area contributed by atoms with E-state index in [0.717, 1.165) is 54.3 Å². The van der Waals surface area contributed by atoms with E-state index < -0.39 is 0 Å². The topological polar surface area (TPSA) is 111 Å². The number of aromatic nitrogens is 1. The molecule has 0 unspecified atom stereocenters. The quantitative estimate of drug-likeness (QED) is 0.170. The lowest BCUT2D eigenvalue weighted by atomic mass is 9.95. The molecule has 4 rings (SSSR count). The minimum absolute atomic E-state index is 0.328. The van der Waals surface area contributed by atoms with Crippen LogP contribution in [0.1, 0.15) is 64.2 Å². The smallest absolute Gasteiger partial charge is 0.243 e. The predicted molar refractivity (Wildman–Crippen MR) is 134 cm³/mol. The minimum Gasteiger partial charge on any atom is -0.494 e. The summed E-state index contributed by atoms with van der Waals surface area (Å²) in [5.41, 5.74) is 8.31. The number of rotatable bonds is 12. The number of nitrogens with one attached hydrogen (secondary N) is 4. The van der Waals surface area contributed by atoms with Gasteiger partial charge in [-0.25, -0.2) is 10.5 Å². The molecule has 2 aromatic rings. The summed E-state index contributed by atoms with van der Waals surface area (Å²) < 4.78 is 5.85. The van der Waals surface area contributed by atoms with Crippen LogP contribution in [-0.4, -0.2) is 35.4 Å². The molecule has 2 aliphatic rings. The molecule has 2 heterocycles. The summed E-state index contributed by atoms with van der Waals surface area (Å²) in [7, 11) is 0. The van der Waals surface area contributed by atoms with Crippen molar-refractivity contribution in [3.05, 3.63) is 36.5 Å². The first-order valence-corrected chi connectivity index (χ1v) is 12.4. The van der Waals surface area contributed by atoms with Crippen LogP contribution in [-0.2, 0) is 4.79 Å². The molecule has 9 heteroatoms. The van der Waals surface area contributed by atoms with Crippen molar-refractivity contribution in [3.63, 3.8) is 0 Å². The van der Waals surface area contributed by atoms with Gasteiger partial charge in [0.05, 0.1) is 18.0 Å². The van der Waals surface area contributed by atoms with Crippen LogP contribution in [0.5, 0.6) is 5.75 Å². The summed E-state index contributed by atoms with van der Waals surface area (Å²) in [5, 5.41) is 17.7. The Morgan fingerprint density at radius 1 is 1.09 bits per heavy atom. The summed E-state index contributed by atoms with van der Waals surface area (Å²) in [6.07, 6.45) is 12.2. The maximum absolute atomic E-state index is 11.0. The van der Waals surface area contributed by atoms with Gasteiger partial charge in [0.15, 0.2) is 5.82 Å². The van der Waals surface area contributed by atoms with Gasteiger partial charge in [-0.05, 0) is 56.0 Å². The molecule has 34 heavy (non-hydrogen) atoms. The van der Waals surface area contributed by atoms with Crippen molar-refractivity contribution < 1.29 is 14.7 Å². The monoisotopic (exact) mass is 468 g/mol. The molecule has 5 N–H and O–H groups in total. The number of hydrogen-bond acceptors (Lipinski definition) is 8. The zero-order chi connectivity index (χ0) is 23.6. The molecule has 184 valence electrons. The molecule has 1 aromatic carbocycles. The van der Waals surface area contributed by atoms with Crippen molar-refractivity contribution in [3.8, 4) is 5.75 Å². The van der Waals surface area contributed by atoms with Crippen LogP contribution in [0.2, 0.25) is 0 Å². The van der Waals surface area contributed by atoms with E-state index in [1.165, 1.54) is 32.1 Å². The minimum atomic E-state index is -0.328. The van der Waals surface area contributed by atoms with Crippen LogP contribution >= 0.6 is 0 Å². The van der Waals surface area contributed by atoms with Gasteiger partial charge < -0.3 is 15.4 Å². The number of hydroxylamine groups is 1. The molecule has 1 fully saturated rings. The van der Waals surface area contributed by atoms with Gasteiger partial charge in [0.2, 0.25) is 5.91 Å². The third-order valence-corrected chi connectivity index (χ3v) is 6.37. The van der Waals surface area contributed by atoms with Gasteiger partial charge >= 0.3 is 0 Å². The summed E-state index contributed by atoms with van der Waals surface area (Å²) in [6.45, 7) is 1.29. The van der Waals surface area contributed by atoms with E-state index in [4.69, 9.17) is 9.94 Å². The Bertz CT molecular complexity index is 917. The highest BCUT2D eigenvalue weighted by Gasteiger charge is 2.25. The molecular weight excluding hydrogens is 432 g/mol. The number of unbranched alkanes of at least 4 members (excludes halogenated alkanes) is 3. The Balaban J connectivity index is 1.24. The van der Waals surface area contributed by atoms with Crippen molar-refractivity contribution in [1.82, 2.24) is 10.5 Å². The van der Waals surface area contributed by atoms with Crippen LogP contribution in [0.4, 0.5) is 22.9 Å². The number of hydrogen-bond donors (Lipinski definition) is 5. The van der Waals surface area contributed by atoms with Crippen molar-refractivity contribution in [2.45, 2.75) is 70.3 Å². The molecule has 1 aliphatic heterocycles. The van der Waals surface area contributed by atoms with E-state index in [2.05, 4.69) is 32.1 Å². The number of anilines is 4. The predicted octanol–water partition coefficient (Wildman–Crippen LogP) is 4.88. The van der Waals surface area contributed by atoms with E-state index in [1.807, 2.05) is 30.5 Å². The molecule has 1 aromatic heterocycles. The molecule has 1 saturated carbocycles. The lowest BCUT2D eigenvalue weighted by Gasteiger charge is -2.27. The lowest BCUT2D eigenvalue weighted by Crippen LogP contribution is -2.30. The first-order valence-electron chi connectivity index (χ1n) is 12.4. The fourth-order valence-corrected chi connectivity index (χ4v) is 4.54. The third-order valence-electron chi connectivity index (χ3n) is 6.37. The number of carbonyl (C=O) groups excluding carboxylic acids is 1. The largest absolute Gasteiger partial charge is 0.494 e. The summed E-state index contributed by atoms with van der Waals surface area (Å²) in [6, 6.07) is 10.6. The average molecular weight is 469 g/mol. The maximum atomic E-state index is 11.0. The van der Waals surface area contributed by atoms with Crippen LogP contribution in [0.3, 0.4) is 0 Å². The van der Waals surface area contributed by atoms with Crippen molar-refractivity contribution in [2.24, 2.45) is 0 Å². The van der Waals surface area contributed by atoms with Crippen LogP contribution in [0.25, 0.3) is 0 Å². The van der Waals surface area contributed by atoms with Crippen molar-refractivity contribution in [2.75, 3.05) is 34.3 Å². The zero-order valence-corrected chi connectivity index (χ0v) is 19.7. The first kappa shape index (κ1) is 23.9. The molecule has 1 aliphatic carbocycles. The Morgan fingerprint density at radius 3 is 2.68 bits per heavy atom. The van der Waals surface area contributed by atoms with Gasteiger partial charge in [0, 0.05) is 18.7 Å². The Hall–Kier alpha value is -3.20. The highest BCUT2D eigenvalue weighted by atomic mass is 16.5. The third kappa shape index (κ3) is 6.66. The molecule has 0 bridgehead atoms. The second kappa shape index (κ2) is 12.3. The Kier molecular flexibility index (Phi) is 8.67. The number of benzene rings is 1. The molecule has 1 amide bonds. The number of ether oxygens (including phenoxy) is 1. The van der Waals surface area contributed by atoms with Crippen LogP contribution in [0, 0.1) is 0 Å². The zero-order valence-electron chi connectivity index (χ0n) is 19.7. The summed E-state index contributed by atoms with van der Waals surface area (Å²) >= 11 is 0. The second-order valence-corrected chi connectivity index (χ2v) is 8.98. The Morgan fingerprint density at radius 2 is 1.88 bits per heavy atom. The van der Waals surface area contributed by atoms with E-state index in [1.54, 1.807) is 5.48 Å². The van der Waals surface area contributed by atoms with Crippen molar-refractivity contribution in [1.29, 1.82) is 0 Å². The van der Waals surface area contributed by atoms with E-state index in [-0.39, 0.29) is 5.91 Å². The van der Waals surface area contributed by atoms with Gasteiger partial charge in [0.1, 0.15) is 18.1 Å². The number of carbonyl (C=O) groups is 1. The van der Waals surface area contributed by atoms with Gasteiger partial charge in [-0.15, -0.1) is 0 Å². The van der Waals surface area contributed by atoms with E-state index in [9.17, 15) is 4.79 Å². The first-order chi connectivity index (χ1) is 16.7. The number of nitrogens with zero attached hydrogens (tertiary/aromatic N) is 2. The normalized spacial score (nSPS) is 15.4. The molecular formula is C25H36N6O3. The SMILES string of the molecule is O=C(CCCCCCOc1ccc(NN2CNc3nccc(NC4CCCCC4)c32)cc1)NO. The fourth-order valence-electron chi connectivity index (χ4n) is 4.54. The van der Waals surface area contributed by atoms with Gasteiger partial charge in [0.25, 0.3) is 0 Å². The highest BCUT2D eigenvalue weighted by molar-refractivity contribution is 5.85. The number of hydrazine groups is 1. The number of pyridine rings is 1. The molecule has 0 spiro atoms. The summed E-state index contributed by atoms with van der Waals surface area (Å²) in [4.78, 5) is 15.5. The molecule has 0 radical (unpaired) electrons. The van der Waals surface area contributed by atoms with Crippen LogP contribution < -0.4 is 31.3 Å². The van der Waals surface area contributed by atoms with E-state index >= 15 is 0 Å². The van der Waals surface area contributed by atoms with Gasteiger partial charge in [-0.2, -0.15) is 0 Å². The van der Waals surface area contributed by atoms with E-state index in [0.29, 0.717) is 25.7 Å². The molecule has 9 nitrogen and oxygen atoms in total. The number of amides is 1. The standard InChI is InChI=1S/C25H36N6O3/c32-23(30-33)10-6-1-2-7-17-34-21-13-11-20(12-14-21)29-31-18-27-25-24(31)22(15-16-26-25)28-19-8-4-3-5-9-19/h11-16,19,29,33H,1-10,17-18H2,(H,30,32)(H2,26,27,28). The lowest BCUT2D eigenvalue weighted by molar-refractivity contribution is -0.129. The van der Waals surface area contributed by atoms with Gasteiger partial charge in [-0.1, -0.05) is 32.1 Å². The second-order valence-electron chi connectivity index (χ2n) is 8.98. The highest BCUT2D eigenvalue weighted by Crippen LogP contribution is 2.38. The Labute approximate surface area is 201 Å². The average Bonchev–Trinajstić information content (AvgIpc) is 3.28. The number of fused-ring (bicyclic) bond motifs is 1. The van der Waals surface area contributed by atoms with Crippen molar-refractivity contribution >= 4 is 28.8 Å². The summed E-state index contributed by atoms with van der Waals surface area (Å²) in [5.74, 6) is 1.41. The molecule has 0 atom stereocenters. The molecule has 0 saturated heterocycles. The maximum Gasteiger partial charge on any atom is 0.243 e. The fraction of sp³-hybridized carbons (Fsp3) is 0.520. The van der Waals surface area contributed by atoms with Gasteiger partial charge in [-0.3, -0.25) is 20.4 Å².